The van der Waals surface area contributed by atoms with Crippen LogP contribution in [0.3, 0.4) is 0 Å². The summed E-state index contributed by atoms with van der Waals surface area (Å²) in [4.78, 5) is 32.4. The number of methoxy groups -OCH3 is 2. The Morgan fingerprint density at radius 1 is 1.05 bits per heavy atom. The Labute approximate surface area is 252 Å². The molecule has 12 heteroatoms. The van der Waals surface area contributed by atoms with Crippen LogP contribution in [0.15, 0.2) is 71.7 Å². The number of ether oxygens (including phenoxy) is 3. The number of alkyl halides is 3. The molecule has 8 nitrogen and oxygen atoms in total. The molecule has 0 unspecified atom stereocenters. The van der Waals surface area contributed by atoms with Crippen molar-refractivity contribution in [1.82, 2.24) is 4.90 Å². The maximum atomic E-state index is 13.4. The van der Waals surface area contributed by atoms with Crippen LogP contribution in [0.4, 0.5) is 24.5 Å². The Bertz CT molecular complexity index is 1460. The highest BCUT2D eigenvalue weighted by atomic mass is 32.2. The van der Waals surface area contributed by atoms with Gasteiger partial charge in [-0.1, -0.05) is 30.8 Å². The Morgan fingerprint density at radius 3 is 2.47 bits per heavy atom. The van der Waals surface area contributed by atoms with Crippen molar-refractivity contribution >= 4 is 40.1 Å². The van der Waals surface area contributed by atoms with Gasteiger partial charge in [-0.25, -0.2) is 4.99 Å². The molecule has 1 saturated heterocycles. The fraction of sp³-hybridized carbons (Fsp3) is 0.323. The smallest absolute Gasteiger partial charge is 0.416 e. The number of aliphatic imine (C=N–C) groups is 1. The van der Waals surface area contributed by atoms with Gasteiger partial charge in [0.25, 0.3) is 0 Å². The lowest BCUT2D eigenvalue weighted by Gasteiger charge is -2.32. The van der Waals surface area contributed by atoms with Crippen LogP contribution in [0, 0.1) is 0 Å². The molecule has 1 atom stereocenters. The summed E-state index contributed by atoms with van der Waals surface area (Å²) >= 11 is 1.03. The molecule has 3 aromatic rings. The third-order valence-electron chi connectivity index (χ3n) is 6.50. The van der Waals surface area contributed by atoms with Crippen LogP contribution in [-0.4, -0.2) is 54.5 Å². The van der Waals surface area contributed by atoms with Gasteiger partial charge in [0.05, 0.1) is 32.1 Å². The molecule has 1 aliphatic heterocycles. The molecular formula is C31H32F3N3O5S. The minimum Gasteiger partial charge on any atom is -0.494 e. The van der Waals surface area contributed by atoms with Gasteiger partial charge in [-0.15, -0.1) is 0 Å². The summed E-state index contributed by atoms with van der Waals surface area (Å²) in [5, 5.41) is 2.11. The van der Waals surface area contributed by atoms with Crippen molar-refractivity contribution in [2.24, 2.45) is 4.99 Å². The number of carbonyl (C=O) groups is 2. The van der Waals surface area contributed by atoms with E-state index in [1.807, 2.05) is 13.0 Å². The third-order valence-corrected chi connectivity index (χ3v) is 7.68. The monoisotopic (exact) mass is 615 g/mol. The van der Waals surface area contributed by atoms with E-state index in [1.54, 1.807) is 36.4 Å². The standard InChI is InChI=1S/C31H32F3N3O5S/c1-4-16-42-24-11-9-22(10-12-24)35-29(39)27-19-28(38)37(15-14-20-8-13-25(40-2)26(17-20)41-3)30(43-27)36-23-7-5-6-21(18-23)31(32,33)34/h5-13,17-18,27H,4,14-16,19H2,1-3H3,(H,35,39)/t27-/m1/s1. The number of nitrogens with zero attached hydrogens (tertiary/aromatic N) is 2. The van der Waals surface area contributed by atoms with E-state index in [0.717, 1.165) is 35.9 Å². The first-order valence-corrected chi connectivity index (χ1v) is 14.5. The fourth-order valence-corrected chi connectivity index (χ4v) is 5.40. The molecule has 0 radical (unpaired) electrons. The summed E-state index contributed by atoms with van der Waals surface area (Å²) in [5.41, 5.74) is 0.526. The number of amides is 2. The number of anilines is 1. The normalized spacial score (nSPS) is 16.2. The molecule has 2 amide bonds. The molecule has 228 valence electrons. The second-order valence-electron chi connectivity index (χ2n) is 9.60. The predicted molar refractivity (Wildman–Crippen MR) is 160 cm³/mol. The van der Waals surface area contributed by atoms with Crippen molar-refractivity contribution in [2.75, 3.05) is 32.7 Å². The van der Waals surface area contributed by atoms with Gasteiger partial charge in [0, 0.05) is 18.7 Å². The predicted octanol–water partition coefficient (Wildman–Crippen LogP) is 6.71. The molecular weight excluding hydrogens is 583 g/mol. The summed E-state index contributed by atoms with van der Waals surface area (Å²) in [6, 6.07) is 16.8. The average Bonchev–Trinajstić information content (AvgIpc) is 2.99. The lowest BCUT2D eigenvalue weighted by atomic mass is 10.1. The van der Waals surface area contributed by atoms with Crippen LogP contribution >= 0.6 is 11.8 Å². The van der Waals surface area contributed by atoms with Crippen LogP contribution < -0.4 is 19.5 Å². The number of hydrogen-bond acceptors (Lipinski definition) is 7. The number of nitrogens with one attached hydrogen (secondary N) is 1. The van der Waals surface area contributed by atoms with Crippen molar-refractivity contribution in [3.05, 3.63) is 77.9 Å². The summed E-state index contributed by atoms with van der Waals surface area (Å²) in [6.07, 6.45) is -3.40. The number of amidine groups is 1. The molecule has 1 fully saturated rings. The van der Waals surface area contributed by atoms with Gasteiger partial charge in [0.2, 0.25) is 11.8 Å². The molecule has 0 aliphatic carbocycles. The molecule has 43 heavy (non-hydrogen) atoms. The van der Waals surface area contributed by atoms with E-state index >= 15 is 0 Å². The minimum absolute atomic E-state index is 0.0185. The van der Waals surface area contributed by atoms with Crippen molar-refractivity contribution in [3.63, 3.8) is 0 Å². The van der Waals surface area contributed by atoms with Crippen LogP contribution in [0.1, 0.15) is 30.9 Å². The van der Waals surface area contributed by atoms with E-state index in [1.165, 1.54) is 31.3 Å². The first-order chi connectivity index (χ1) is 20.6. The minimum atomic E-state index is -4.56. The molecule has 1 N–H and O–H groups in total. The van der Waals surface area contributed by atoms with Gasteiger partial charge in [-0.3, -0.25) is 14.5 Å². The number of rotatable bonds is 11. The Kier molecular flexibility index (Phi) is 10.6. The lowest BCUT2D eigenvalue weighted by molar-refractivity contribution is -0.137. The summed E-state index contributed by atoms with van der Waals surface area (Å²) in [6.45, 7) is 2.76. The largest absolute Gasteiger partial charge is 0.494 e. The molecule has 3 aromatic carbocycles. The first kappa shape index (κ1) is 31.7. The van der Waals surface area contributed by atoms with Crippen LogP contribution in [0.2, 0.25) is 0 Å². The zero-order valence-corrected chi connectivity index (χ0v) is 24.8. The molecule has 0 saturated carbocycles. The van der Waals surface area contributed by atoms with E-state index < -0.39 is 22.9 Å². The Morgan fingerprint density at radius 2 is 1.79 bits per heavy atom. The molecule has 1 heterocycles. The zero-order valence-electron chi connectivity index (χ0n) is 23.9. The summed E-state index contributed by atoms with van der Waals surface area (Å²) in [7, 11) is 3.05. The van der Waals surface area contributed by atoms with Crippen molar-refractivity contribution in [3.8, 4) is 17.2 Å². The summed E-state index contributed by atoms with van der Waals surface area (Å²) < 4.78 is 56.3. The average molecular weight is 616 g/mol. The zero-order chi connectivity index (χ0) is 31.0. The van der Waals surface area contributed by atoms with Gasteiger partial charge in [-0.05, 0) is 73.0 Å². The molecule has 0 aromatic heterocycles. The van der Waals surface area contributed by atoms with E-state index in [4.69, 9.17) is 14.2 Å². The van der Waals surface area contributed by atoms with Gasteiger partial charge in [0.15, 0.2) is 16.7 Å². The third kappa shape index (κ3) is 8.44. The number of carbonyl (C=O) groups excluding carboxylic acids is 2. The maximum absolute atomic E-state index is 13.4. The van der Waals surface area contributed by atoms with Crippen LogP contribution in [0.25, 0.3) is 0 Å². The van der Waals surface area contributed by atoms with Gasteiger partial charge < -0.3 is 19.5 Å². The maximum Gasteiger partial charge on any atom is 0.416 e. The highest BCUT2D eigenvalue weighted by molar-refractivity contribution is 8.15. The second kappa shape index (κ2) is 14.3. The van der Waals surface area contributed by atoms with Crippen LogP contribution in [-0.2, 0) is 22.2 Å². The van der Waals surface area contributed by atoms with E-state index in [0.29, 0.717) is 36.0 Å². The van der Waals surface area contributed by atoms with Crippen LogP contribution in [0.5, 0.6) is 17.2 Å². The van der Waals surface area contributed by atoms with E-state index in [-0.39, 0.29) is 29.7 Å². The molecule has 0 bridgehead atoms. The van der Waals surface area contributed by atoms with Crippen molar-refractivity contribution in [2.45, 2.75) is 37.6 Å². The molecule has 1 aliphatic rings. The van der Waals surface area contributed by atoms with Gasteiger partial charge in [0.1, 0.15) is 11.0 Å². The topological polar surface area (TPSA) is 89.5 Å². The Hall–Kier alpha value is -4.19. The fourth-order valence-electron chi connectivity index (χ4n) is 4.28. The number of hydrogen-bond donors (Lipinski definition) is 1. The van der Waals surface area contributed by atoms with E-state index in [2.05, 4.69) is 10.3 Å². The van der Waals surface area contributed by atoms with E-state index in [9.17, 15) is 22.8 Å². The summed E-state index contributed by atoms with van der Waals surface area (Å²) in [5.74, 6) is 0.964. The highest BCUT2D eigenvalue weighted by Gasteiger charge is 2.36. The van der Waals surface area contributed by atoms with Gasteiger partial charge >= 0.3 is 6.18 Å². The number of thioether (sulfide) groups is 1. The second-order valence-corrected chi connectivity index (χ2v) is 10.8. The van der Waals surface area contributed by atoms with Crippen molar-refractivity contribution in [1.29, 1.82) is 0 Å². The molecule has 0 spiro atoms. The number of halogens is 3. The first-order valence-electron chi connectivity index (χ1n) is 13.6. The Balaban J connectivity index is 1.56. The number of benzene rings is 3. The quantitative estimate of drug-likeness (QED) is 0.258. The lowest BCUT2D eigenvalue weighted by Crippen LogP contribution is -2.46. The highest BCUT2D eigenvalue weighted by Crippen LogP contribution is 2.34. The molecule has 4 rings (SSSR count). The van der Waals surface area contributed by atoms with Crippen molar-refractivity contribution < 1.29 is 37.0 Å². The SMILES string of the molecule is CCCOc1ccc(NC(=O)[C@H]2CC(=O)N(CCc3ccc(OC)c(OC)c3)C(=Nc3cccc(C(F)(F)F)c3)S2)cc1. The van der Waals surface area contributed by atoms with Gasteiger partial charge in [-0.2, -0.15) is 13.2 Å².